The van der Waals surface area contributed by atoms with Gasteiger partial charge in [-0.25, -0.2) is 22.0 Å². The fraction of sp³-hybridized carbons (Fsp3) is 0.240. The Morgan fingerprint density at radius 2 is 1.25 bits per heavy atom. The number of ether oxygens (including phenoxy) is 2. The fourth-order valence-corrected chi connectivity index (χ4v) is 4.00. The zero-order valence-corrected chi connectivity index (χ0v) is 19.4. The van der Waals surface area contributed by atoms with Gasteiger partial charge in [-0.1, -0.05) is 0 Å². The molecular weight excluding hydrogens is 485 g/mol. The van der Waals surface area contributed by atoms with Crippen molar-refractivity contribution in [3.63, 3.8) is 0 Å². The standard InChI is InChI=1S/C25H22F5N3O3/c1-35-17-8-3-14(13-18(17)36-2)25(34)31-15-4-6-16(7-5-15)32-9-11-33(12-10-32)24-22(29)20(27)19(26)21(28)23(24)30/h3-8,13H,9-12H2,1-2H3,(H,31,34). The maximum absolute atomic E-state index is 14.1. The average molecular weight is 507 g/mol. The number of methoxy groups -OCH3 is 2. The highest BCUT2D eigenvalue weighted by molar-refractivity contribution is 6.04. The van der Waals surface area contributed by atoms with E-state index in [1.807, 2.05) is 4.90 Å². The molecule has 3 aromatic rings. The van der Waals surface area contributed by atoms with Crippen LogP contribution in [0.25, 0.3) is 0 Å². The summed E-state index contributed by atoms with van der Waals surface area (Å²) in [6.45, 7) is 0.681. The van der Waals surface area contributed by atoms with Gasteiger partial charge in [-0.3, -0.25) is 4.79 Å². The molecule has 0 unspecified atom stereocenters. The summed E-state index contributed by atoms with van der Waals surface area (Å²) in [6.07, 6.45) is 0. The smallest absolute Gasteiger partial charge is 0.255 e. The van der Waals surface area contributed by atoms with Crippen LogP contribution in [0.1, 0.15) is 10.4 Å². The Kier molecular flexibility index (Phi) is 7.18. The Labute approximate surface area is 203 Å². The molecule has 0 aliphatic carbocycles. The quantitative estimate of drug-likeness (QED) is 0.290. The van der Waals surface area contributed by atoms with E-state index in [1.165, 1.54) is 14.2 Å². The number of piperazine rings is 1. The molecular formula is C25H22F5N3O3. The number of hydrogen-bond acceptors (Lipinski definition) is 5. The summed E-state index contributed by atoms with van der Waals surface area (Å²) in [7, 11) is 2.97. The van der Waals surface area contributed by atoms with Crippen LogP contribution < -0.4 is 24.6 Å². The summed E-state index contributed by atoms with van der Waals surface area (Å²) < 4.78 is 79.1. The lowest BCUT2D eigenvalue weighted by Crippen LogP contribution is -2.47. The van der Waals surface area contributed by atoms with Crippen molar-refractivity contribution in [1.29, 1.82) is 0 Å². The first kappa shape index (κ1) is 25.1. The van der Waals surface area contributed by atoms with Gasteiger partial charge in [0.2, 0.25) is 5.82 Å². The molecule has 11 heteroatoms. The van der Waals surface area contributed by atoms with Gasteiger partial charge < -0.3 is 24.6 Å². The molecule has 0 spiro atoms. The lowest BCUT2D eigenvalue weighted by atomic mass is 10.1. The van der Waals surface area contributed by atoms with Gasteiger partial charge in [-0.15, -0.1) is 0 Å². The van der Waals surface area contributed by atoms with Crippen LogP contribution >= 0.6 is 0 Å². The number of nitrogens with zero attached hydrogens (tertiary/aromatic N) is 2. The Bertz CT molecular complexity index is 1250. The van der Waals surface area contributed by atoms with E-state index in [0.717, 1.165) is 10.6 Å². The minimum atomic E-state index is -2.18. The third kappa shape index (κ3) is 4.73. The van der Waals surface area contributed by atoms with Crippen molar-refractivity contribution in [3.05, 3.63) is 77.1 Å². The van der Waals surface area contributed by atoms with Crippen LogP contribution in [0.4, 0.5) is 39.0 Å². The van der Waals surface area contributed by atoms with Crippen molar-refractivity contribution in [2.24, 2.45) is 0 Å². The summed E-state index contributed by atoms with van der Waals surface area (Å²) in [5.74, 6) is -9.20. The van der Waals surface area contributed by atoms with E-state index in [2.05, 4.69) is 5.32 Å². The van der Waals surface area contributed by atoms with Crippen molar-refractivity contribution in [2.45, 2.75) is 0 Å². The molecule has 0 radical (unpaired) electrons. The third-order valence-corrected chi connectivity index (χ3v) is 5.92. The second kappa shape index (κ2) is 10.3. The molecule has 1 aliphatic rings. The second-order valence-corrected chi connectivity index (χ2v) is 7.96. The van der Waals surface area contributed by atoms with Gasteiger partial charge in [-0.05, 0) is 42.5 Å². The highest BCUT2D eigenvalue weighted by Crippen LogP contribution is 2.32. The summed E-state index contributed by atoms with van der Waals surface area (Å²) in [5, 5.41) is 2.79. The number of halogens is 5. The molecule has 1 aliphatic heterocycles. The molecule has 1 saturated heterocycles. The lowest BCUT2D eigenvalue weighted by Gasteiger charge is -2.37. The van der Waals surface area contributed by atoms with Crippen LogP contribution in [0.2, 0.25) is 0 Å². The zero-order valence-electron chi connectivity index (χ0n) is 19.4. The first-order valence-electron chi connectivity index (χ1n) is 10.9. The molecule has 0 atom stereocenters. The minimum Gasteiger partial charge on any atom is -0.493 e. The van der Waals surface area contributed by atoms with E-state index in [0.29, 0.717) is 22.7 Å². The van der Waals surface area contributed by atoms with E-state index in [1.54, 1.807) is 42.5 Å². The number of carbonyl (C=O) groups excluding carboxylic acids is 1. The molecule has 190 valence electrons. The third-order valence-electron chi connectivity index (χ3n) is 5.92. The molecule has 1 heterocycles. The lowest BCUT2D eigenvalue weighted by molar-refractivity contribution is 0.102. The molecule has 0 saturated carbocycles. The number of carbonyl (C=O) groups is 1. The van der Waals surface area contributed by atoms with Gasteiger partial charge in [0.1, 0.15) is 5.69 Å². The Morgan fingerprint density at radius 3 is 1.81 bits per heavy atom. The fourth-order valence-electron chi connectivity index (χ4n) is 4.00. The van der Waals surface area contributed by atoms with E-state index < -0.39 is 34.8 Å². The van der Waals surface area contributed by atoms with Crippen LogP contribution in [0.15, 0.2) is 42.5 Å². The molecule has 3 aromatic carbocycles. The molecule has 6 nitrogen and oxygen atoms in total. The monoisotopic (exact) mass is 507 g/mol. The Balaban J connectivity index is 1.40. The molecule has 1 amide bonds. The summed E-state index contributed by atoms with van der Waals surface area (Å²) in [4.78, 5) is 15.7. The molecule has 0 bridgehead atoms. The van der Waals surface area contributed by atoms with E-state index in [4.69, 9.17) is 9.47 Å². The van der Waals surface area contributed by atoms with E-state index in [9.17, 15) is 26.7 Å². The van der Waals surface area contributed by atoms with Gasteiger partial charge in [0.05, 0.1) is 14.2 Å². The molecule has 1 fully saturated rings. The van der Waals surface area contributed by atoms with Crippen molar-refractivity contribution < 1.29 is 36.2 Å². The van der Waals surface area contributed by atoms with Crippen LogP contribution in [-0.4, -0.2) is 46.3 Å². The van der Waals surface area contributed by atoms with Crippen molar-refractivity contribution in [3.8, 4) is 11.5 Å². The highest BCUT2D eigenvalue weighted by Gasteiger charge is 2.30. The van der Waals surface area contributed by atoms with Crippen LogP contribution in [0.3, 0.4) is 0 Å². The number of hydrogen-bond donors (Lipinski definition) is 1. The summed E-state index contributed by atoms with van der Waals surface area (Å²) >= 11 is 0. The minimum absolute atomic E-state index is 0.0517. The van der Waals surface area contributed by atoms with Crippen molar-refractivity contribution in [1.82, 2.24) is 0 Å². The van der Waals surface area contributed by atoms with Crippen molar-refractivity contribution in [2.75, 3.05) is 55.5 Å². The second-order valence-electron chi connectivity index (χ2n) is 7.96. The number of benzene rings is 3. The van der Waals surface area contributed by atoms with E-state index >= 15 is 0 Å². The first-order valence-corrected chi connectivity index (χ1v) is 10.9. The number of anilines is 3. The number of rotatable bonds is 6. The average Bonchev–Trinajstić information content (AvgIpc) is 2.91. The van der Waals surface area contributed by atoms with Crippen LogP contribution in [0.5, 0.6) is 11.5 Å². The van der Waals surface area contributed by atoms with Gasteiger partial charge in [-0.2, -0.15) is 0 Å². The van der Waals surface area contributed by atoms with Crippen LogP contribution in [0, 0.1) is 29.1 Å². The predicted octanol–water partition coefficient (Wildman–Crippen LogP) is 4.98. The van der Waals surface area contributed by atoms with Gasteiger partial charge in [0, 0.05) is 43.1 Å². The first-order chi connectivity index (χ1) is 17.2. The molecule has 0 aromatic heterocycles. The van der Waals surface area contributed by atoms with Gasteiger partial charge in [0.25, 0.3) is 5.91 Å². The molecule has 36 heavy (non-hydrogen) atoms. The van der Waals surface area contributed by atoms with E-state index in [-0.39, 0.29) is 32.1 Å². The van der Waals surface area contributed by atoms with Crippen molar-refractivity contribution >= 4 is 23.0 Å². The topological polar surface area (TPSA) is 54.0 Å². The largest absolute Gasteiger partial charge is 0.493 e. The Morgan fingerprint density at radius 1 is 0.722 bits per heavy atom. The van der Waals surface area contributed by atoms with Gasteiger partial charge in [0.15, 0.2) is 34.8 Å². The maximum atomic E-state index is 14.1. The summed E-state index contributed by atoms with van der Waals surface area (Å²) in [6, 6.07) is 11.7. The van der Waals surface area contributed by atoms with Crippen LogP contribution in [-0.2, 0) is 0 Å². The molecule has 1 N–H and O–H groups in total. The molecule has 4 rings (SSSR count). The highest BCUT2D eigenvalue weighted by atomic mass is 19.2. The summed E-state index contributed by atoms with van der Waals surface area (Å²) in [5.41, 5.74) is 0.773. The zero-order chi connectivity index (χ0) is 26.0. The number of nitrogens with one attached hydrogen (secondary N) is 1. The predicted molar refractivity (Wildman–Crippen MR) is 125 cm³/mol. The Hall–Kier alpha value is -4.02. The number of amides is 1. The normalized spacial score (nSPS) is 13.5. The SMILES string of the molecule is COc1ccc(C(=O)Nc2ccc(N3CCN(c4c(F)c(F)c(F)c(F)c4F)CC3)cc2)cc1OC. The maximum Gasteiger partial charge on any atom is 0.255 e. The van der Waals surface area contributed by atoms with Gasteiger partial charge >= 0.3 is 0 Å².